The summed E-state index contributed by atoms with van der Waals surface area (Å²) in [5, 5.41) is 2.94. The normalized spacial score (nSPS) is 18.2. The Morgan fingerprint density at radius 3 is 3.00 bits per heavy atom. The van der Waals surface area contributed by atoms with Crippen LogP contribution in [0.4, 0.5) is 0 Å². The van der Waals surface area contributed by atoms with Gasteiger partial charge in [-0.25, -0.2) is 4.98 Å². The Kier molecular flexibility index (Phi) is 4.52. The Bertz CT molecular complexity index is 660. The lowest BCUT2D eigenvalue weighted by molar-refractivity contribution is -0.119. The Morgan fingerprint density at radius 2 is 2.35 bits per heavy atom. The molecular weight excluding hydrogens is 292 g/mol. The zero-order valence-electron chi connectivity index (χ0n) is 14.0. The lowest BCUT2D eigenvalue weighted by atomic mass is 10.0. The number of amides is 1. The first kappa shape index (κ1) is 15.8. The minimum atomic E-state index is -0.0154. The molecule has 6 nitrogen and oxygen atoms in total. The van der Waals surface area contributed by atoms with Crippen LogP contribution in [-0.4, -0.2) is 33.4 Å². The zero-order chi connectivity index (χ0) is 16.4. The van der Waals surface area contributed by atoms with Gasteiger partial charge in [0.15, 0.2) is 0 Å². The summed E-state index contributed by atoms with van der Waals surface area (Å²) in [6.07, 6.45) is 4.58. The highest BCUT2D eigenvalue weighted by Gasteiger charge is 2.32. The molecule has 0 bridgehead atoms. The van der Waals surface area contributed by atoms with Gasteiger partial charge < -0.3 is 14.3 Å². The van der Waals surface area contributed by atoms with Crippen LogP contribution in [0.15, 0.2) is 29.1 Å². The van der Waals surface area contributed by atoms with E-state index in [1.165, 1.54) is 5.69 Å². The van der Waals surface area contributed by atoms with E-state index in [0.717, 1.165) is 31.0 Å². The maximum absolute atomic E-state index is 11.4. The highest BCUT2D eigenvalue weighted by Crippen LogP contribution is 2.31. The van der Waals surface area contributed by atoms with Gasteiger partial charge in [-0.2, -0.15) is 0 Å². The molecule has 0 fully saturated rings. The van der Waals surface area contributed by atoms with E-state index in [1.807, 2.05) is 18.5 Å². The maximum Gasteiger partial charge on any atom is 0.216 e. The summed E-state index contributed by atoms with van der Waals surface area (Å²) in [5.41, 5.74) is 2.36. The van der Waals surface area contributed by atoms with Crippen LogP contribution in [0.1, 0.15) is 50.0 Å². The van der Waals surface area contributed by atoms with Crippen molar-refractivity contribution < 1.29 is 9.21 Å². The number of carbonyl (C=O) groups is 1. The van der Waals surface area contributed by atoms with Crippen molar-refractivity contribution in [3.63, 3.8) is 0 Å². The molecule has 0 saturated carbocycles. The van der Waals surface area contributed by atoms with Crippen molar-refractivity contribution >= 4 is 5.91 Å². The molecule has 0 aromatic carbocycles. The Balaban J connectivity index is 1.86. The number of aromatic nitrogens is 2. The molecule has 3 heterocycles. The molecule has 1 aliphatic rings. The third-order valence-corrected chi connectivity index (χ3v) is 4.36. The smallest absolute Gasteiger partial charge is 0.216 e. The number of furan rings is 1. The van der Waals surface area contributed by atoms with Crippen molar-refractivity contribution in [3.8, 4) is 0 Å². The van der Waals surface area contributed by atoms with E-state index < -0.39 is 0 Å². The van der Waals surface area contributed by atoms with Crippen molar-refractivity contribution in [2.24, 2.45) is 0 Å². The third kappa shape index (κ3) is 3.32. The molecule has 23 heavy (non-hydrogen) atoms. The average molecular weight is 316 g/mol. The van der Waals surface area contributed by atoms with E-state index in [2.05, 4.69) is 33.6 Å². The van der Waals surface area contributed by atoms with Gasteiger partial charge in [-0.15, -0.1) is 0 Å². The van der Waals surface area contributed by atoms with E-state index in [1.54, 1.807) is 13.2 Å². The highest BCUT2D eigenvalue weighted by molar-refractivity contribution is 5.72. The molecule has 0 aliphatic carbocycles. The minimum Gasteiger partial charge on any atom is -0.468 e. The number of hydrogen-bond acceptors (Lipinski definition) is 4. The summed E-state index contributed by atoms with van der Waals surface area (Å²) in [6.45, 7) is 8.10. The number of carbonyl (C=O) groups excluding carboxylic acids is 1. The van der Waals surface area contributed by atoms with Crippen LogP contribution in [0, 0.1) is 0 Å². The molecule has 6 heteroatoms. The summed E-state index contributed by atoms with van der Waals surface area (Å²) in [7, 11) is 0. The Hall–Kier alpha value is -2.08. The molecule has 1 aliphatic heterocycles. The summed E-state index contributed by atoms with van der Waals surface area (Å²) < 4.78 is 7.72. The van der Waals surface area contributed by atoms with Crippen LogP contribution in [0.25, 0.3) is 0 Å². The van der Waals surface area contributed by atoms with Gasteiger partial charge in [0.1, 0.15) is 5.76 Å². The molecule has 124 valence electrons. The molecule has 2 aromatic rings. The number of fused-ring (bicyclic) bond motifs is 1. The van der Waals surface area contributed by atoms with Crippen molar-refractivity contribution in [2.45, 2.75) is 45.8 Å². The topological polar surface area (TPSA) is 63.3 Å². The van der Waals surface area contributed by atoms with Gasteiger partial charge in [0.25, 0.3) is 0 Å². The molecule has 3 rings (SSSR count). The zero-order valence-corrected chi connectivity index (χ0v) is 14.0. The average Bonchev–Trinajstić information content (AvgIpc) is 3.14. The second-order valence-corrected chi connectivity index (χ2v) is 6.33. The molecule has 0 spiro atoms. The summed E-state index contributed by atoms with van der Waals surface area (Å²) in [4.78, 5) is 18.3. The number of nitrogens with one attached hydrogen (secondary N) is 1. The van der Waals surface area contributed by atoms with Crippen LogP contribution >= 0.6 is 0 Å². The third-order valence-electron chi connectivity index (χ3n) is 4.36. The SMILES string of the molecule is CC(=O)NCC1c2ncn(C(C)C)c2CCN1Cc1ccco1. The second kappa shape index (κ2) is 6.58. The fourth-order valence-electron chi connectivity index (χ4n) is 3.22. The largest absolute Gasteiger partial charge is 0.468 e. The quantitative estimate of drug-likeness (QED) is 0.919. The Labute approximate surface area is 136 Å². The van der Waals surface area contributed by atoms with E-state index >= 15 is 0 Å². The van der Waals surface area contributed by atoms with Gasteiger partial charge in [0.2, 0.25) is 5.91 Å². The van der Waals surface area contributed by atoms with Gasteiger partial charge in [0.05, 0.1) is 30.9 Å². The molecule has 1 amide bonds. The van der Waals surface area contributed by atoms with Crippen LogP contribution in [0.2, 0.25) is 0 Å². The monoisotopic (exact) mass is 316 g/mol. The van der Waals surface area contributed by atoms with Gasteiger partial charge in [-0.05, 0) is 26.0 Å². The van der Waals surface area contributed by atoms with Gasteiger partial charge in [-0.3, -0.25) is 9.69 Å². The number of rotatable bonds is 5. The summed E-state index contributed by atoms with van der Waals surface area (Å²) in [5.74, 6) is 0.919. The van der Waals surface area contributed by atoms with Gasteiger partial charge in [0, 0.05) is 38.2 Å². The van der Waals surface area contributed by atoms with Crippen molar-refractivity contribution in [1.82, 2.24) is 19.8 Å². The molecule has 1 N–H and O–H groups in total. The first-order valence-electron chi connectivity index (χ1n) is 8.12. The van der Waals surface area contributed by atoms with Crippen LogP contribution in [0.3, 0.4) is 0 Å². The predicted molar refractivity (Wildman–Crippen MR) is 86.9 cm³/mol. The molecule has 0 saturated heterocycles. The summed E-state index contributed by atoms with van der Waals surface area (Å²) >= 11 is 0. The molecule has 2 aromatic heterocycles. The van der Waals surface area contributed by atoms with E-state index in [9.17, 15) is 4.79 Å². The molecule has 1 unspecified atom stereocenters. The lowest BCUT2D eigenvalue weighted by Crippen LogP contribution is -2.41. The van der Waals surface area contributed by atoms with Gasteiger partial charge >= 0.3 is 0 Å². The van der Waals surface area contributed by atoms with Gasteiger partial charge in [-0.1, -0.05) is 0 Å². The predicted octanol–water partition coefficient (Wildman–Crippen LogP) is 2.29. The van der Waals surface area contributed by atoms with Crippen molar-refractivity contribution in [2.75, 3.05) is 13.1 Å². The number of imidazole rings is 1. The lowest BCUT2D eigenvalue weighted by Gasteiger charge is -2.35. The van der Waals surface area contributed by atoms with E-state index in [0.29, 0.717) is 12.6 Å². The maximum atomic E-state index is 11.4. The molecule has 0 radical (unpaired) electrons. The van der Waals surface area contributed by atoms with E-state index in [4.69, 9.17) is 4.42 Å². The standard InChI is InChI=1S/C17H24N4O2/c1-12(2)21-11-19-17-15(21)6-7-20(10-14-5-4-8-23-14)16(17)9-18-13(3)22/h4-5,8,11-12,16H,6-7,9-10H2,1-3H3,(H,18,22). The van der Waals surface area contributed by atoms with Crippen molar-refractivity contribution in [1.29, 1.82) is 0 Å². The summed E-state index contributed by atoms with van der Waals surface area (Å²) in [6, 6.07) is 4.36. The van der Waals surface area contributed by atoms with Crippen molar-refractivity contribution in [3.05, 3.63) is 41.9 Å². The fourth-order valence-corrected chi connectivity index (χ4v) is 3.22. The molecule has 1 atom stereocenters. The van der Waals surface area contributed by atoms with E-state index in [-0.39, 0.29) is 11.9 Å². The minimum absolute atomic E-state index is 0.0154. The van der Waals surface area contributed by atoms with Crippen LogP contribution in [0.5, 0.6) is 0 Å². The first-order chi connectivity index (χ1) is 11.1. The molecular formula is C17H24N4O2. The second-order valence-electron chi connectivity index (χ2n) is 6.33. The Morgan fingerprint density at radius 1 is 1.52 bits per heavy atom. The van der Waals surface area contributed by atoms with Crippen LogP contribution < -0.4 is 5.32 Å². The highest BCUT2D eigenvalue weighted by atomic mass is 16.3. The fraction of sp³-hybridized carbons (Fsp3) is 0.529. The number of hydrogen-bond donors (Lipinski definition) is 1. The van der Waals surface area contributed by atoms with Crippen LogP contribution in [-0.2, 0) is 17.8 Å². The number of nitrogens with zero attached hydrogens (tertiary/aromatic N) is 3. The first-order valence-corrected chi connectivity index (χ1v) is 8.12.